The minimum absolute atomic E-state index is 0.379. The SMILES string of the molecule is OC(CN1CCCC1)Cn1c2ccc(Br)cc2c2cc(Br)cc(Br)c21. The van der Waals surface area contributed by atoms with E-state index in [2.05, 4.69) is 87.6 Å². The first-order valence-electron chi connectivity index (χ1n) is 8.50. The van der Waals surface area contributed by atoms with Crippen molar-refractivity contribution in [3.05, 3.63) is 43.7 Å². The second-order valence-corrected chi connectivity index (χ2v) is 9.40. The number of aliphatic hydroxyl groups is 1. The Morgan fingerprint density at radius 3 is 2.40 bits per heavy atom. The van der Waals surface area contributed by atoms with Gasteiger partial charge in [0.25, 0.3) is 0 Å². The van der Waals surface area contributed by atoms with Gasteiger partial charge in [-0.2, -0.15) is 0 Å². The molecule has 25 heavy (non-hydrogen) atoms. The van der Waals surface area contributed by atoms with Crippen LogP contribution >= 0.6 is 47.8 Å². The van der Waals surface area contributed by atoms with Crippen molar-refractivity contribution in [3.63, 3.8) is 0 Å². The van der Waals surface area contributed by atoms with Crippen LogP contribution in [0, 0.1) is 0 Å². The van der Waals surface area contributed by atoms with E-state index in [1.807, 2.05) is 0 Å². The number of nitrogens with zero attached hydrogens (tertiary/aromatic N) is 2. The van der Waals surface area contributed by atoms with Crippen molar-refractivity contribution in [2.75, 3.05) is 19.6 Å². The first-order valence-corrected chi connectivity index (χ1v) is 10.9. The molecule has 4 rings (SSSR count). The molecular formula is C19H19Br3N2O. The van der Waals surface area contributed by atoms with Crippen molar-refractivity contribution in [1.29, 1.82) is 0 Å². The summed E-state index contributed by atoms with van der Waals surface area (Å²) in [6.45, 7) is 3.55. The normalized spacial score (nSPS) is 17.0. The molecule has 3 aromatic rings. The highest BCUT2D eigenvalue weighted by atomic mass is 79.9. The first-order chi connectivity index (χ1) is 12.0. The molecule has 0 saturated carbocycles. The van der Waals surface area contributed by atoms with Crippen molar-refractivity contribution in [3.8, 4) is 0 Å². The van der Waals surface area contributed by atoms with Gasteiger partial charge < -0.3 is 14.6 Å². The smallest absolute Gasteiger partial charge is 0.0845 e. The van der Waals surface area contributed by atoms with Crippen LogP contribution in [-0.4, -0.2) is 40.3 Å². The first kappa shape index (κ1) is 18.0. The molecule has 0 radical (unpaired) electrons. The van der Waals surface area contributed by atoms with E-state index in [1.54, 1.807) is 0 Å². The topological polar surface area (TPSA) is 28.4 Å². The molecular weight excluding hydrogens is 512 g/mol. The molecule has 3 nitrogen and oxygen atoms in total. The maximum absolute atomic E-state index is 10.7. The number of aromatic nitrogens is 1. The van der Waals surface area contributed by atoms with Gasteiger partial charge in [0.05, 0.1) is 18.2 Å². The second-order valence-electron chi connectivity index (χ2n) is 6.72. The summed E-state index contributed by atoms with van der Waals surface area (Å²) in [4.78, 5) is 2.36. The Bertz CT molecular complexity index is 931. The molecule has 2 heterocycles. The number of rotatable bonds is 4. The molecule has 0 bridgehead atoms. The third kappa shape index (κ3) is 3.56. The fourth-order valence-corrected chi connectivity index (χ4v) is 5.65. The lowest BCUT2D eigenvalue weighted by atomic mass is 10.2. The number of halogens is 3. The van der Waals surface area contributed by atoms with E-state index in [-0.39, 0.29) is 6.10 Å². The molecule has 1 aliphatic rings. The van der Waals surface area contributed by atoms with Crippen molar-refractivity contribution in [2.45, 2.75) is 25.5 Å². The molecule has 1 aliphatic heterocycles. The Labute approximate surface area is 172 Å². The zero-order valence-electron chi connectivity index (χ0n) is 13.7. The van der Waals surface area contributed by atoms with E-state index in [4.69, 9.17) is 0 Å². The summed E-state index contributed by atoms with van der Waals surface area (Å²) in [5.74, 6) is 0. The molecule has 1 aromatic heterocycles. The van der Waals surface area contributed by atoms with Crippen LogP contribution in [0.4, 0.5) is 0 Å². The van der Waals surface area contributed by atoms with E-state index < -0.39 is 0 Å². The maximum Gasteiger partial charge on any atom is 0.0845 e. The lowest BCUT2D eigenvalue weighted by Crippen LogP contribution is -2.32. The number of hydrogen-bond acceptors (Lipinski definition) is 2. The molecule has 1 fully saturated rings. The standard InChI is InChI=1S/C19H19Br3N2O/c20-12-3-4-18-15(7-12)16-8-13(21)9-17(22)19(16)24(18)11-14(25)10-23-5-1-2-6-23/h3-4,7-9,14,25H,1-2,5-6,10-11H2. The Balaban J connectivity index is 1.80. The number of benzene rings is 2. The van der Waals surface area contributed by atoms with Crippen LogP contribution < -0.4 is 0 Å². The Morgan fingerprint density at radius 1 is 0.920 bits per heavy atom. The van der Waals surface area contributed by atoms with Crippen molar-refractivity contribution < 1.29 is 5.11 Å². The zero-order chi connectivity index (χ0) is 17.6. The van der Waals surface area contributed by atoms with Gasteiger partial charge in [-0.15, -0.1) is 0 Å². The average Bonchev–Trinajstić information content (AvgIpc) is 3.14. The predicted molar refractivity (Wildman–Crippen MR) is 114 cm³/mol. The lowest BCUT2D eigenvalue weighted by molar-refractivity contribution is 0.111. The predicted octanol–water partition coefficient (Wildman–Crippen LogP) is 5.54. The summed E-state index contributed by atoms with van der Waals surface area (Å²) >= 11 is 10.9. The van der Waals surface area contributed by atoms with Crippen molar-refractivity contribution in [2.24, 2.45) is 0 Å². The lowest BCUT2D eigenvalue weighted by Gasteiger charge is -2.20. The van der Waals surface area contributed by atoms with Gasteiger partial charge in [0.15, 0.2) is 0 Å². The van der Waals surface area contributed by atoms with Gasteiger partial charge in [-0.1, -0.05) is 31.9 Å². The summed E-state index contributed by atoms with van der Waals surface area (Å²) in [7, 11) is 0. The molecule has 1 N–H and O–H groups in total. The monoisotopic (exact) mass is 528 g/mol. The highest BCUT2D eigenvalue weighted by Gasteiger charge is 2.20. The van der Waals surface area contributed by atoms with Crippen LogP contribution in [-0.2, 0) is 6.54 Å². The van der Waals surface area contributed by atoms with Gasteiger partial charge in [0, 0.05) is 36.3 Å². The summed E-state index contributed by atoms with van der Waals surface area (Å²) in [5, 5.41) is 13.1. The quantitative estimate of drug-likeness (QED) is 0.480. The van der Waals surface area contributed by atoms with Crippen molar-refractivity contribution >= 4 is 69.6 Å². The second kappa shape index (κ2) is 7.31. The maximum atomic E-state index is 10.7. The number of hydrogen-bond donors (Lipinski definition) is 1. The zero-order valence-corrected chi connectivity index (χ0v) is 18.4. The Kier molecular flexibility index (Phi) is 5.26. The van der Waals surface area contributed by atoms with Crippen LogP contribution in [0.25, 0.3) is 21.8 Å². The fourth-order valence-electron chi connectivity index (χ4n) is 3.85. The van der Waals surface area contributed by atoms with Gasteiger partial charge in [-0.05, 0) is 72.2 Å². The van der Waals surface area contributed by atoms with Crippen LogP contribution in [0.2, 0.25) is 0 Å². The van der Waals surface area contributed by atoms with Crippen LogP contribution in [0.3, 0.4) is 0 Å². The molecule has 1 atom stereocenters. The summed E-state index contributed by atoms with van der Waals surface area (Å²) in [6, 6.07) is 10.6. The van der Waals surface area contributed by atoms with E-state index >= 15 is 0 Å². The Morgan fingerprint density at radius 2 is 1.64 bits per heavy atom. The highest BCUT2D eigenvalue weighted by Crippen LogP contribution is 2.37. The van der Waals surface area contributed by atoms with Gasteiger partial charge in [-0.3, -0.25) is 0 Å². The number of fused-ring (bicyclic) bond motifs is 3. The fraction of sp³-hybridized carbons (Fsp3) is 0.368. The Hall–Kier alpha value is -0.400. The van der Waals surface area contributed by atoms with E-state index in [1.165, 1.54) is 23.6 Å². The number of likely N-dealkylation sites (tertiary alicyclic amines) is 1. The number of β-amino-alcohol motifs (C(OH)–C–C–N with tert-alkyl or cyclic N) is 1. The van der Waals surface area contributed by atoms with Gasteiger partial charge >= 0.3 is 0 Å². The van der Waals surface area contributed by atoms with Gasteiger partial charge in [-0.25, -0.2) is 0 Å². The average molecular weight is 531 g/mol. The van der Waals surface area contributed by atoms with Gasteiger partial charge in [0.1, 0.15) is 0 Å². The van der Waals surface area contributed by atoms with Crippen LogP contribution in [0.1, 0.15) is 12.8 Å². The summed E-state index contributed by atoms with van der Waals surface area (Å²) in [5.41, 5.74) is 2.29. The summed E-state index contributed by atoms with van der Waals surface area (Å²) in [6.07, 6.45) is 2.11. The molecule has 0 aliphatic carbocycles. The minimum atomic E-state index is -0.379. The molecule has 1 unspecified atom stereocenters. The van der Waals surface area contributed by atoms with Crippen LogP contribution in [0.15, 0.2) is 43.7 Å². The van der Waals surface area contributed by atoms with Crippen molar-refractivity contribution in [1.82, 2.24) is 9.47 Å². The largest absolute Gasteiger partial charge is 0.390 e. The molecule has 0 amide bonds. The molecule has 6 heteroatoms. The van der Waals surface area contributed by atoms with E-state index in [0.29, 0.717) is 6.54 Å². The third-order valence-electron chi connectivity index (χ3n) is 4.90. The number of aliphatic hydroxyl groups excluding tert-OH is 1. The third-order valence-corrected chi connectivity index (χ3v) is 6.45. The molecule has 132 valence electrons. The molecule has 0 spiro atoms. The van der Waals surface area contributed by atoms with Gasteiger partial charge in [0.2, 0.25) is 0 Å². The molecule has 2 aromatic carbocycles. The summed E-state index contributed by atoms with van der Waals surface area (Å²) < 4.78 is 5.39. The van der Waals surface area contributed by atoms with E-state index in [9.17, 15) is 5.11 Å². The molecule has 1 saturated heterocycles. The highest BCUT2D eigenvalue weighted by molar-refractivity contribution is 9.11. The van der Waals surface area contributed by atoms with Crippen LogP contribution in [0.5, 0.6) is 0 Å². The van der Waals surface area contributed by atoms with E-state index in [0.717, 1.165) is 44.1 Å². The minimum Gasteiger partial charge on any atom is -0.390 e.